The number of hydrogen-bond acceptors (Lipinski definition) is 5. The molecule has 6 heteroatoms. The van der Waals surface area contributed by atoms with Gasteiger partial charge in [-0.2, -0.15) is 0 Å². The molecular formula is C19H17ClN4O. The first-order valence-corrected chi connectivity index (χ1v) is 8.53. The maximum absolute atomic E-state index is 6.06. The van der Waals surface area contributed by atoms with Crippen molar-refractivity contribution in [2.45, 2.75) is 6.10 Å². The molecule has 3 heterocycles. The number of anilines is 1. The molecule has 1 unspecified atom stereocenters. The molecule has 2 aromatic heterocycles. The first-order valence-electron chi connectivity index (χ1n) is 8.15. The highest BCUT2D eigenvalue weighted by atomic mass is 35.5. The van der Waals surface area contributed by atoms with Crippen LogP contribution in [0.5, 0.6) is 0 Å². The summed E-state index contributed by atoms with van der Waals surface area (Å²) in [5.74, 6) is 0.728. The second kappa shape index (κ2) is 7.17. The number of nitrogens with zero attached hydrogens (tertiary/aromatic N) is 4. The molecule has 0 radical (unpaired) electrons. The zero-order valence-corrected chi connectivity index (χ0v) is 14.3. The predicted molar refractivity (Wildman–Crippen MR) is 97.6 cm³/mol. The second-order valence-electron chi connectivity index (χ2n) is 5.84. The van der Waals surface area contributed by atoms with Crippen LogP contribution in [0, 0.1) is 0 Å². The van der Waals surface area contributed by atoms with Gasteiger partial charge < -0.3 is 9.64 Å². The largest absolute Gasteiger partial charge is 0.368 e. The minimum atomic E-state index is -0.0917. The Morgan fingerprint density at radius 1 is 1.00 bits per heavy atom. The van der Waals surface area contributed by atoms with Gasteiger partial charge in [0, 0.05) is 35.7 Å². The molecule has 1 atom stereocenters. The summed E-state index contributed by atoms with van der Waals surface area (Å²) in [6.07, 6.45) is 5.28. The van der Waals surface area contributed by atoms with Gasteiger partial charge in [-0.25, -0.2) is 9.97 Å². The minimum Gasteiger partial charge on any atom is -0.368 e. The number of rotatable bonds is 3. The zero-order chi connectivity index (χ0) is 17.1. The summed E-state index contributed by atoms with van der Waals surface area (Å²) in [7, 11) is 0. The molecule has 0 saturated carbocycles. The van der Waals surface area contributed by atoms with Crippen molar-refractivity contribution in [2.75, 3.05) is 24.6 Å². The average molecular weight is 353 g/mol. The fourth-order valence-electron chi connectivity index (χ4n) is 2.90. The molecule has 126 valence electrons. The van der Waals surface area contributed by atoms with Crippen molar-refractivity contribution >= 4 is 17.5 Å². The van der Waals surface area contributed by atoms with E-state index in [-0.39, 0.29) is 6.10 Å². The summed E-state index contributed by atoms with van der Waals surface area (Å²) >= 11 is 6.06. The number of hydrogen-bond donors (Lipinski definition) is 0. The number of benzene rings is 1. The van der Waals surface area contributed by atoms with Crippen molar-refractivity contribution in [3.05, 3.63) is 71.8 Å². The molecule has 0 aliphatic carbocycles. The van der Waals surface area contributed by atoms with Gasteiger partial charge in [0.2, 0.25) is 5.95 Å². The van der Waals surface area contributed by atoms with E-state index in [9.17, 15) is 0 Å². The van der Waals surface area contributed by atoms with E-state index < -0.39 is 0 Å². The summed E-state index contributed by atoms with van der Waals surface area (Å²) in [6.45, 7) is 2.09. The fraction of sp³-hybridized carbons (Fsp3) is 0.211. The molecule has 4 rings (SSSR count). The maximum atomic E-state index is 6.06. The summed E-state index contributed by atoms with van der Waals surface area (Å²) < 4.78 is 5.90. The summed E-state index contributed by atoms with van der Waals surface area (Å²) in [5, 5.41) is 0.718. The van der Waals surface area contributed by atoms with Gasteiger partial charge in [0.1, 0.15) is 6.10 Å². The summed E-state index contributed by atoms with van der Waals surface area (Å²) in [4.78, 5) is 15.4. The lowest BCUT2D eigenvalue weighted by atomic mass is 10.1. The molecule has 1 fully saturated rings. The highest BCUT2D eigenvalue weighted by molar-refractivity contribution is 6.30. The molecule has 0 amide bonds. The van der Waals surface area contributed by atoms with Crippen LogP contribution in [0.2, 0.25) is 5.02 Å². The fourth-order valence-corrected chi connectivity index (χ4v) is 3.09. The number of morpholine rings is 1. The predicted octanol–water partition coefficient (Wildman–Crippen LogP) is 3.77. The normalized spacial score (nSPS) is 17.5. The average Bonchev–Trinajstić information content (AvgIpc) is 2.69. The van der Waals surface area contributed by atoms with Crippen molar-refractivity contribution in [3.8, 4) is 11.1 Å². The topological polar surface area (TPSA) is 51.1 Å². The third-order valence-corrected chi connectivity index (χ3v) is 4.41. The van der Waals surface area contributed by atoms with Gasteiger partial charge in [-0.3, -0.25) is 4.98 Å². The molecule has 3 aromatic rings. The van der Waals surface area contributed by atoms with Crippen LogP contribution in [0.3, 0.4) is 0 Å². The Morgan fingerprint density at radius 3 is 2.64 bits per heavy atom. The third kappa shape index (κ3) is 3.62. The Hall–Kier alpha value is -2.50. The van der Waals surface area contributed by atoms with E-state index in [0.717, 1.165) is 34.3 Å². The number of aromatic nitrogens is 3. The van der Waals surface area contributed by atoms with Crippen molar-refractivity contribution in [1.29, 1.82) is 0 Å². The highest BCUT2D eigenvalue weighted by Crippen LogP contribution is 2.26. The lowest BCUT2D eigenvalue weighted by molar-refractivity contribution is 0.0365. The van der Waals surface area contributed by atoms with Crippen LogP contribution in [-0.2, 0) is 4.74 Å². The van der Waals surface area contributed by atoms with E-state index in [1.807, 2.05) is 42.6 Å². The molecule has 1 aliphatic rings. The Balaban J connectivity index is 1.52. The lowest BCUT2D eigenvalue weighted by Gasteiger charge is -2.32. The maximum Gasteiger partial charge on any atom is 0.225 e. The van der Waals surface area contributed by atoms with Crippen LogP contribution >= 0.6 is 11.6 Å². The van der Waals surface area contributed by atoms with E-state index in [4.69, 9.17) is 16.3 Å². The van der Waals surface area contributed by atoms with Gasteiger partial charge >= 0.3 is 0 Å². The van der Waals surface area contributed by atoms with Crippen molar-refractivity contribution < 1.29 is 4.74 Å². The van der Waals surface area contributed by atoms with Gasteiger partial charge in [0.05, 0.1) is 18.8 Å². The first kappa shape index (κ1) is 16.0. The van der Waals surface area contributed by atoms with Crippen molar-refractivity contribution in [1.82, 2.24) is 15.0 Å². The molecule has 1 aromatic carbocycles. The van der Waals surface area contributed by atoms with Crippen LogP contribution in [-0.4, -0.2) is 34.6 Å². The van der Waals surface area contributed by atoms with E-state index in [2.05, 4.69) is 25.9 Å². The first-order chi connectivity index (χ1) is 12.3. The molecular weight excluding hydrogens is 336 g/mol. The molecule has 1 saturated heterocycles. The van der Waals surface area contributed by atoms with Gasteiger partial charge in [-0.05, 0) is 29.8 Å². The van der Waals surface area contributed by atoms with Gasteiger partial charge in [0.15, 0.2) is 0 Å². The van der Waals surface area contributed by atoms with E-state index >= 15 is 0 Å². The van der Waals surface area contributed by atoms with Crippen LogP contribution in [0.15, 0.2) is 61.1 Å². The van der Waals surface area contributed by atoms with Crippen LogP contribution < -0.4 is 4.90 Å². The molecule has 0 bridgehead atoms. The lowest BCUT2D eigenvalue weighted by Crippen LogP contribution is -2.39. The smallest absolute Gasteiger partial charge is 0.225 e. The number of pyridine rings is 1. The molecule has 0 N–H and O–H groups in total. The Kier molecular flexibility index (Phi) is 4.59. The SMILES string of the molecule is Clc1cccc(-c2ccc(C3CN(c4ncccn4)CCO3)nc2)c1. The van der Waals surface area contributed by atoms with Gasteiger partial charge in [-0.15, -0.1) is 0 Å². The molecule has 5 nitrogen and oxygen atoms in total. The Bertz CT molecular complexity index is 842. The van der Waals surface area contributed by atoms with E-state index in [1.165, 1.54) is 0 Å². The number of halogens is 1. The van der Waals surface area contributed by atoms with Gasteiger partial charge in [0.25, 0.3) is 0 Å². The van der Waals surface area contributed by atoms with E-state index in [0.29, 0.717) is 13.2 Å². The van der Waals surface area contributed by atoms with Gasteiger partial charge in [-0.1, -0.05) is 29.8 Å². The molecule has 1 aliphatic heterocycles. The standard InChI is InChI=1S/C19H17ClN4O/c20-16-4-1-3-14(11-16)15-5-6-17(23-12-15)18-13-24(9-10-25-18)19-21-7-2-8-22-19/h1-8,11-12,18H,9-10,13H2. The van der Waals surface area contributed by atoms with Crippen LogP contribution in [0.4, 0.5) is 5.95 Å². The quantitative estimate of drug-likeness (QED) is 0.718. The van der Waals surface area contributed by atoms with Crippen molar-refractivity contribution in [3.63, 3.8) is 0 Å². The zero-order valence-electron chi connectivity index (χ0n) is 13.5. The Morgan fingerprint density at radius 2 is 1.88 bits per heavy atom. The number of ether oxygens (including phenoxy) is 1. The Labute approximate surface area is 151 Å². The van der Waals surface area contributed by atoms with Crippen LogP contribution in [0.25, 0.3) is 11.1 Å². The minimum absolute atomic E-state index is 0.0917. The van der Waals surface area contributed by atoms with Crippen LogP contribution in [0.1, 0.15) is 11.8 Å². The van der Waals surface area contributed by atoms with E-state index in [1.54, 1.807) is 12.4 Å². The summed E-state index contributed by atoms with van der Waals surface area (Å²) in [6, 6.07) is 13.6. The highest BCUT2D eigenvalue weighted by Gasteiger charge is 2.24. The molecule has 0 spiro atoms. The third-order valence-electron chi connectivity index (χ3n) is 4.18. The monoisotopic (exact) mass is 352 g/mol. The summed E-state index contributed by atoms with van der Waals surface area (Å²) in [5.41, 5.74) is 2.99. The van der Waals surface area contributed by atoms with Crippen molar-refractivity contribution in [2.24, 2.45) is 0 Å². The second-order valence-corrected chi connectivity index (χ2v) is 6.27. The molecule has 25 heavy (non-hydrogen) atoms.